The van der Waals surface area contributed by atoms with Gasteiger partial charge in [0.2, 0.25) is 0 Å². The van der Waals surface area contributed by atoms with E-state index in [0.717, 1.165) is 56.1 Å². The molecule has 0 aliphatic heterocycles. The first-order chi connectivity index (χ1) is 15.0. The molecular formula is C26H37NO4. The second kappa shape index (κ2) is 13.3. The highest BCUT2D eigenvalue weighted by atomic mass is 16.5. The Balaban J connectivity index is 2.00. The normalized spacial score (nSPS) is 24.2. The van der Waals surface area contributed by atoms with Gasteiger partial charge in [0, 0.05) is 12.3 Å². The fourth-order valence-corrected chi connectivity index (χ4v) is 4.58. The highest BCUT2D eigenvalue weighted by Gasteiger charge is 2.42. The topological polar surface area (TPSA) is 90.5 Å². The van der Waals surface area contributed by atoms with Crippen molar-refractivity contribution in [2.45, 2.75) is 82.8 Å². The summed E-state index contributed by atoms with van der Waals surface area (Å²) in [6.07, 6.45) is 10.3. The van der Waals surface area contributed by atoms with Crippen molar-refractivity contribution in [2.75, 3.05) is 7.11 Å². The van der Waals surface area contributed by atoms with Gasteiger partial charge < -0.3 is 14.9 Å². The van der Waals surface area contributed by atoms with Gasteiger partial charge in [0.05, 0.1) is 31.3 Å². The molecule has 2 N–H and O–H groups in total. The number of nitrogens with zero attached hydrogens (tertiary/aromatic N) is 1. The van der Waals surface area contributed by atoms with Gasteiger partial charge in [-0.3, -0.25) is 4.79 Å². The zero-order valence-electron chi connectivity index (χ0n) is 18.9. The quantitative estimate of drug-likeness (QED) is 0.272. The number of hydrogen-bond acceptors (Lipinski definition) is 5. The number of esters is 1. The van der Waals surface area contributed by atoms with Crippen molar-refractivity contribution < 1.29 is 19.7 Å². The van der Waals surface area contributed by atoms with E-state index in [2.05, 4.69) is 29.9 Å². The lowest BCUT2D eigenvalue weighted by Gasteiger charge is -2.23. The molecule has 5 heteroatoms. The van der Waals surface area contributed by atoms with Crippen LogP contribution in [0.4, 0.5) is 0 Å². The molecule has 0 bridgehead atoms. The number of aliphatic hydroxyl groups is 2. The number of methoxy groups -OCH3 is 1. The van der Waals surface area contributed by atoms with E-state index in [-0.39, 0.29) is 23.7 Å². The molecule has 31 heavy (non-hydrogen) atoms. The lowest BCUT2D eigenvalue weighted by atomic mass is 9.82. The molecule has 0 saturated heterocycles. The number of unbranched alkanes of at least 4 members (excludes halogenated alkanes) is 3. The maximum Gasteiger partial charge on any atom is 0.305 e. The molecule has 0 amide bonds. The first-order valence-corrected chi connectivity index (χ1v) is 11.6. The molecule has 5 nitrogen and oxygen atoms in total. The van der Waals surface area contributed by atoms with E-state index in [4.69, 9.17) is 0 Å². The van der Waals surface area contributed by atoms with Gasteiger partial charge in [0.25, 0.3) is 0 Å². The van der Waals surface area contributed by atoms with Gasteiger partial charge in [-0.25, -0.2) is 0 Å². The summed E-state index contributed by atoms with van der Waals surface area (Å²) < 4.78 is 4.65. The zero-order chi connectivity index (χ0) is 22.6. The molecule has 2 rings (SSSR count). The van der Waals surface area contributed by atoms with E-state index in [1.54, 1.807) is 0 Å². The minimum absolute atomic E-state index is 0.0529. The Morgan fingerprint density at radius 2 is 2.00 bits per heavy atom. The summed E-state index contributed by atoms with van der Waals surface area (Å²) in [5.74, 6) is -0.414. The van der Waals surface area contributed by atoms with Gasteiger partial charge in [0.1, 0.15) is 0 Å². The third-order valence-electron chi connectivity index (χ3n) is 6.40. The van der Waals surface area contributed by atoms with E-state index in [0.29, 0.717) is 12.8 Å². The fourth-order valence-electron chi connectivity index (χ4n) is 4.58. The predicted octanol–water partition coefficient (Wildman–Crippen LogP) is 5.19. The Kier molecular flexibility index (Phi) is 10.8. The summed E-state index contributed by atoms with van der Waals surface area (Å²) in [5.41, 5.74) is 1.94. The largest absolute Gasteiger partial charge is 0.469 e. The highest BCUT2D eigenvalue weighted by molar-refractivity contribution is 5.69. The van der Waals surface area contributed by atoms with Crippen LogP contribution >= 0.6 is 0 Å². The van der Waals surface area contributed by atoms with Crippen LogP contribution in [-0.2, 0) is 9.53 Å². The average molecular weight is 428 g/mol. The highest BCUT2D eigenvalue weighted by Crippen LogP contribution is 2.45. The maximum absolute atomic E-state index is 11.2. The van der Waals surface area contributed by atoms with Crippen LogP contribution < -0.4 is 0 Å². The van der Waals surface area contributed by atoms with E-state index in [9.17, 15) is 20.3 Å². The van der Waals surface area contributed by atoms with Gasteiger partial charge in [-0.05, 0) is 49.1 Å². The van der Waals surface area contributed by atoms with Crippen LogP contribution in [0.25, 0.3) is 0 Å². The van der Waals surface area contributed by atoms with Crippen molar-refractivity contribution in [3.05, 3.63) is 47.5 Å². The van der Waals surface area contributed by atoms with Gasteiger partial charge in [-0.1, -0.05) is 62.6 Å². The number of benzene rings is 1. The molecule has 1 fully saturated rings. The van der Waals surface area contributed by atoms with Crippen LogP contribution in [0.5, 0.6) is 0 Å². The first-order valence-electron chi connectivity index (χ1n) is 11.6. The molecule has 1 aliphatic rings. The molecular weight excluding hydrogens is 390 g/mol. The second-order valence-corrected chi connectivity index (χ2v) is 8.58. The summed E-state index contributed by atoms with van der Waals surface area (Å²) in [5, 5.41) is 30.7. The van der Waals surface area contributed by atoms with Crippen LogP contribution in [0.1, 0.15) is 87.9 Å². The van der Waals surface area contributed by atoms with Crippen LogP contribution in [0, 0.1) is 23.2 Å². The van der Waals surface area contributed by atoms with Crippen molar-refractivity contribution in [2.24, 2.45) is 11.8 Å². The van der Waals surface area contributed by atoms with E-state index >= 15 is 0 Å². The van der Waals surface area contributed by atoms with E-state index < -0.39 is 12.2 Å². The summed E-state index contributed by atoms with van der Waals surface area (Å²) in [6, 6.07) is 10.3. The molecule has 0 heterocycles. The lowest BCUT2D eigenvalue weighted by Crippen LogP contribution is -2.18. The van der Waals surface area contributed by atoms with Crippen molar-refractivity contribution >= 4 is 5.97 Å². The van der Waals surface area contributed by atoms with Gasteiger partial charge in [-0.15, -0.1) is 0 Å². The number of carbonyl (C=O) groups is 1. The molecule has 1 aromatic rings. The van der Waals surface area contributed by atoms with E-state index in [1.165, 1.54) is 7.11 Å². The standard InChI is InChI=1S/C26H37NO4/c1-3-4-7-11-23(28)19-13-15-20(16-14-19)26-22(21(18-27)17-24(26)29)10-8-5-6-9-12-25(30)31-2/h5,8,13-16,21-24,26,28-29H,3-4,6-7,9-12,17H2,1-2H3/t21-,22+,23?,24+,26+/m0/s1. The summed E-state index contributed by atoms with van der Waals surface area (Å²) in [6.45, 7) is 2.15. The second-order valence-electron chi connectivity index (χ2n) is 8.58. The van der Waals surface area contributed by atoms with Gasteiger partial charge >= 0.3 is 5.97 Å². The summed E-state index contributed by atoms with van der Waals surface area (Å²) in [7, 11) is 1.39. The molecule has 0 radical (unpaired) electrons. The van der Waals surface area contributed by atoms with Crippen LogP contribution in [-0.4, -0.2) is 29.4 Å². The number of rotatable bonds is 12. The smallest absolute Gasteiger partial charge is 0.305 e. The van der Waals surface area contributed by atoms with Crippen LogP contribution in [0.15, 0.2) is 36.4 Å². The molecule has 1 unspecified atom stereocenters. The SMILES string of the molecule is CCCCCC(O)c1ccc([C@@H]2[C@H](CC=CCCCC(=O)OC)[C@H](C#N)C[C@H]2O)cc1. The molecule has 170 valence electrons. The van der Waals surface area contributed by atoms with Crippen LogP contribution in [0.3, 0.4) is 0 Å². The van der Waals surface area contributed by atoms with Crippen molar-refractivity contribution in [1.29, 1.82) is 5.26 Å². The number of allylic oxidation sites excluding steroid dienone is 2. The van der Waals surface area contributed by atoms with Gasteiger partial charge in [0.15, 0.2) is 0 Å². The van der Waals surface area contributed by atoms with Crippen molar-refractivity contribution in [3.8, 4) is 6.07 Å². The minimum Gasteiger partial charge on any atom is -0.469 e. The average Bonchev–Trinajstić information content (AvgIpc) is 3.11. The van der Waals surface area contributed by atoms with Gasteiger partial charge in [-0.2, -0.15) is 5.26 Å². The zero-order valence-corrected chi connectivity index (χ0v) is 18.9. The number of nitriles is 1. The monoisotopic (exact) mass is 427 g/mol. The molecule has 0 spiro atoms. The summed E-state index contributed by atoms with van der Waals surface area (Å²) in [4.78, 5) is 11.2. The Bertz CT molecular complexity index is 737. The lowest BCUT2D eigenvalue weighted by molar-refractivity contribution is -0.140. The number of aliphatic hydroxyl groups excluding tert-OH is 2. The van der Waals surface area contributed by atoms with E-state index in [1.807, 2.05) is 24.3 Å². The molecule has 1 saturated carbocycles. The predicted molar refractivity (Wildman–Crippen MR) is 121 cm³/mol. The number of hydrogen-bond donors (Lipinski definition) is 2. The Labute approximate surface area is 186 Å². The Morgan fingerprint density at radius 3 is 2.65 bits per heavy atom. The Hall–Kier alpha value is -2.16. The summed E-state index contributed by atoms with van der Waals surface area (Å²) >= 11 is 0. The Morgan fingerprint density at radius 1 is 1.26 bits per heavy atom. The first kappa shape index (κ1) is 25.1. The molecule has 1 aliphatic carbocycles. The maximum atomic E-state index is 11.2. The molecule has 1 aromatic carbocycles. The molecule has 5 atom stereocenters. The van der Waals surface area contributed by atoms with Crippen molar-refractivity contribution in [1.82, 2.24) is 0 Å². The fraction of sp³-hybridized carbons (Fsp3) is 0.615. The number of ether oxygens (including phenoxy) is 1. The number of carbonyl (C=O) groups excluding carboxylic acids is 1. The third-order valence-corrected chi connectivity index (χ3v) is 6.40. The third kappa shape index (κ3) is 7.48. The minimum atomic E-state index is -0.539. The van der Waals surface area contributed by atoms with Crippen molar-refractivity contribution in [3.63, 3.8) is 0 Å². The molecule has 0 aromatic heterocycles. The van der Waals surface area contributed by atoms with Crippen LogP contribution in [0.2, 0.25) is 0 Å².